The Kier molecular flexibility index (Phi) is 4.51. The summed E-state index contributed by atoms with van der Waals surface area (Å²) in [7, 11) is 0. The molecule has 0 aromatic heterocycles. The summed E-state index contributed by atoms with van der Waals surface area (Å²) in [5, 5.41) is 2.58. The molecule has 3 rings (SSSR count). The van der Waals surface area contributed by atoms with Crippen LogP contribution in [0.3, 0.4) is 0 Å². The van der Waals surface area contributed by atoms with Crippen molar-refractivity contribution in [1.29, 1.82) is 0 Å². The highest BCUT2D eigenvalue weighted by atomic mass is 19.1. The van der Waals surface area contributed by atoms with Crippen molar-refractivity contribution in [2.45, 2.75) is 38.7 Å². The third kappa shape index (κ3) is 3.11. The van der Waals surface area contributed by atoms with E-state index in [4.69, 9.17) is 4.74 Å². The summed E-state index contributed by atoms with van der Waals surface area (Å²) in [6.07, 6.45) is 1.22. The Morgan fingerprint density at radius 1 is 1.33 bits per heavy atom. The number of anilines is 1. The second-order valence-corrected chi connectivity index (χ2v) is 6.11. The van der Waals surface area contributed by atoms with Crippen LogP contribution in [0.5, 0.6) is 0 Å². The van der Waals surface area contributed by atoms with Crippen LogP contribution in [0.4, 0.5) is 14.9 Å². The summed E-state index contributed by atoms with van der Waals surface area (Å²) in [4.78, 5) is 36.3. The van der Waals surface area contributed by atoms with Crippen LogP contribution in [-0.4, -0.2) is 37.0 Å². The standard InChI is InChI=1S/C17H19FN2O4/c1-10(21)19-8-11-9-20(17(23)24-11)14-7-6-12-13(16(14)18)4-2-3-5-15(12)22/h6-7,11H,2-5,8-9H2,1H3,(H,19,21). The number of amides is 2. The molecule has 1 N–H and O–H groups in total. The van der Waals surface area contributed by atoms with Gasteiger partial charge in [-0.2, -0.15) is 0 Å². The Hall–Kier alpha value is -2.44. The van der Waals surface area contributed by atoms with E-state index in [1.54, 1.807) is 6.07 Å². The van der Waals surface area contributed by atoms with E-state index in [0.717, 1.165) is 12.8 Å². The second kappa shape index (κ2) is 6.59. The molecule has 1 unspecified atom stereocenters. The first-order valence-electron chi connectivity index (χ1n) is 8.04. The molecule has 128 valence electrons. The second-order valence-electron chi connectivity index (χ2n) is 6.11. The largest absolute Gasteiger partial charge is 0.442 e. The predicted octanol–water partition coefficient (Wildman–Crippen LogP) is 2.20. The van der Waals surface area contributed by atoms with Crippen molar-refractivity contribution in [3.8, 4) is 0 Å². The number of ether oxygens (including phenoxy) is 1. The molecule has 1 aromatic carbocycles. The minimum Gasteiger partial charge on any atom is -0.442 e. The van der Waals surface area contributed by atoms with Crippen LogP contribution in [-0.2, 0) is 16.0 Å². The van der Waals surface area contributed by atoms with Gasteiger partial charge in [0.15, 0.2) is 11.6 Å². The molecule has 0 bridgehead atoms. The van der Waals surface area contributed by atoms with Crippen LogP contribution >= 0.6 is 0 Å². The lowest BCUT2D eigenvalue weighted by molar-refractivity contribution is -0.119. The number of fused-ring (bicyclic) bond motifs is 1. The van der Waals surface area contributed by atoms with Gasteiger partial charge in [0.05, 0.1) is 18.8 Å². The van der Waals surface area contributed by atoms with E-state index in [9.17, 15) is 18.8 Å². The van der Waals surface area contributed by atoms with Crippen LogP contribution in [0, 0.1) is 5.82 Å². The number of halogens is 1. The molecule has 0 saturated carbocycles. The van der Waals surface area contributed by atoms with Crippen molar-refractivity contribution in [2.75, 3.05) is 18.0 Å². The molecular weight excluding hydrogens is 315 g/mol. The van der Waals surface area contributed by atoms with Crippen molar-refractivity contribution >= 4 is 23.5 Å². The highest BCUT2D eigenvalue weighted by molar-refractivity contribution is 5.99. The van der Waals surface area contributed by atoms with Crippen molar-refractivity contribution in [1.82, 2.24) is 5.32 Å². The smallest absolute Gasteiger partial charge is 0.414 e. The zero-order chi connectivity index (χ0) is 17.3. The van der Waals surface area contributed by atoms with Crippen molar-refractivity contribution < 1.29 is 23.5 Å². The molecule has 0 radical (unpaired) electrons. The van der Waals surface area contributed by atoms with Crippen molar-refractivity contribution in [3.63, 3.8) is 0 Å². The summed E-state index contributed by atoms with van der Waals surface area (Å²) >= 11 is 0. The molecule has 2 aliphatic rings. The van der Waals surface area contributed by atoms with E-state index >= 15 is 0 Å². The maximum Gasteiger partial charge on any atom is 0.414 e. The van der Waals surface area contributed by atoms with Gasteiger partial charge in [0.2, 0.25) is 5.91 Å². The first-order chi connectivity index (χ1) is 11.5. The molecule has 1 aromatic rings. The van der Waals surface area contributed by atoms with Crippen molar-refractivity contribution in [2.24, 2.45) is 0 Å². The number of hydrogen-bond acceptors (Lipinski definition) is 4. The molecule has 24 heavy (non-hydrogen) atoms. The number of Topliss-reactive ketones (excluding diaryl/α,β-unsaturated/α-hetero) is 1. The molecule has 1 saturated heterocycles. The van der Waals surface area contributed by atoms with E-state index in [2.05, 4.69) is 5.32 Å². The molecule has 0 spiro atoms. The topological polar surface area (TPSA) is 75.7 Å². The first-order valence-corrected chi connectivity index (χ1v) is 8.04. The van der Waals surface area contributed by atoms with Gasteiger partial charge in [-0.15, -0.1) is 0 Å². The molecule has 6 nitrogen and oxygen atoms in total. The summed E-state index contributed by atoms with van der Waals surface area (Å²) in [5.74, 6) is -0.806. The van der Waals surface area contributed by atoms with Crippen LogP contribution < -0.4 is 10.2 Å². The molecule has 1 heterocycles. The zero-order valence-electron chi connectivity index (χ0n) is 13.4. The Morgan fingerprint density at radius 2 is 2.08 bits per heavy atom. The van der Waals surface area contributed by atoms with Crippen LogP contribution in [0.25, 0.3) is 0 Å². The molecule has 1 aliphatic heterocycles. The van der Waals surface area contributed by atoms with Gasteiger partial charge in [-0.25, -0.2) is 9.18 Å². The monoisotopic (exact) mass is 334 g/mol. The van der Waals surface area contributed by atoms with Gasteiger partial charge in [0, 0.05) is 24.5 Å². The van der Waals surface area contributed by atoms with Gasteiger partial charge in [-0.1, -0.05) is 0 Å². The number of carbonyl (C=O) groups is 3. The Labute approximate surface area is 139 Å². The summed E-state index contributed by atoms with van der Waals surface area (Å²) in [6.45, 7) is 1.71. The van der Waals surface area contributed by atoms with Gasteiger partial charge in [0.1, 0.15) is 6.10 Å². The SMILES string of the molecule is CC(=O)NCC1CN(c2ccc3c(c2F)CCCCC3=O)C(=O)O1. The van der Waals surface area contributed by atoms with Crippen LogP contribution in [0.1, 0.15) is 42.1 Å². The third-order valence-corrected chi connectivity index (χ3v) is 4.35. The highest BCUT2D eigenvalue weighted by Gasteiger charge is 2.35. The van der Waals surface area contributed by atoms with Gasteiger partial charge in [-0.05, 0) is 31.4 Å². The maximum atomic E-state index is 14.9. The van der Waals surface area contributed by atoms with Crippen molar-refractivity contribution in [3.05, 3.63) is 29.1 Å². The van der Waals surface area contributed by atoms with Gasteiger partial charge in [0.25, 0.3) is 0 Å². The number of carbonyl (C=O) groups excluding carboxylic acids is 3. The van der Waals surface area contributed by atoms with Crippen LogP contribution in [0.2, 0.25) is 0 Å². The van der Waals surface area contributed by atoms with E-state index in [0.29, 0.717) is 24.0 Å². The van der Waals surface area contributed by atoms with Crippen LogP contribution in [0.15, 0.2) is 12.1 Å². The van der Waals surface area contributed by atoms with Gasteiger partial charge < -0.3 is 10.1 Å². The number of cyclic esters (lactones) is 1. The highest BCUT2D eigenvalue weighted by Crippen LogP contribution is 2.32. The quantitative estimate of drug-likeness (QED) is 0.860. The average Bonchev–Trinajstić information content (AvgIpc) is 2.79. The molecule has 1 fully saturated rings. The van der Waals surface area contributed by atoms with Gasteiger partial charge in [-0.3, -0.25) is 14.5 Å². The summed E-state index contributed by atoms with van der Waals surface area (Å²) in [6, 6.07) is 3.05. The fourth-order valence-corrected chi connectivity index (χ4v) is 3.13. The average molecular weight is 334 g/mol. The molecule has 1 aliphatic carbocycles. The molecule has 2 amide bonds. The fourth-order valence-electron chi connectivity index (χ4n) is 3.13. The molecular formula is C17H19FN2O4. The minimum atomic E-state index is -0.649. The fraction of sp³-hybridized carbons (Fsp3) is 0.471. The lowest BCUT2D eigenvalue weighted by Gasteiger charge is -2.17. The first kappa shape index (κ1) is 16.4. The number of benzene rings is 1. The molecule has 7 heteroatoms. The Bertz CT molecular complexity index is 704. The summed E-state index contributed by atoms with van der Waals surface area (Å²) in [5.41, 5.74) is 0.919. The number of rotatable bonds is 3. The van der Waals surface area contributed by atoms with E-state index in [1.807, 2.05) is 0 Å². The van der Waals surface area contributed by atoms with E-state index < -0.39 is 18.0 Å². The predicted molar refractivity (Wildman–Crippen MR) is 84.6 cm³/mol. The molecule has 1 atom stereocenters. The number of nitrogens with zero attached hydrogens (tertiary/aromatic N) is 1. The number of nitrogens with one attached hydrogen (secondary N) is 1. The van der Waals surface area contributed by atoms with E-state index in [1.165, 1.54) is 17.9 Å². The lowest BCUT2D eigenvalue weighted by Crippen LogP contribution is -2.33. The summed E-state index contributed by atoms with van der Waals surface area (Å²) < 4.78 is 20.1. The number of ketones is 1. The number of hydrogen-bond donors (Lipinski definition) is 1. The lowest BCUT2D eigenvalue weighted by atomic mass is 10.00. The van der Waals surface area contributed by atoms with Gasteiger partial charge >= 0.3 is 6.09 Å². The normalized spacial score (nSPS) is 20.4. The van der Waals surface area contributed by atoms with E-state index in [-0.39, 0.29) is 30.5 Å². The maximum absolute atomic E-state index is 14.9. The third-order valence-electron chi connectivity index (χ3n) is 4.35. The zero-order valence-corrected chi connectivity index (χ0v) is 13.4. The minimum absolute atomic E-state index is 0.0551. The Morgan fingerprint density at radius 3 is 2.83 bits per heavy atom. The Balaban J connectivity index is 1.85.